The topological polar surface area (TPSA) is 55.5 Å². The van der Waals surface area contributed by atoms with Gasteiger partial charge in [0.15, 0.2) is 0 Å². The average molecular weight is 235 g/mol. The molecule has 16 heavy (non-hydrogen) atoms. The summed E-state index contributed by atoms with van der Waals surface area (Å²) in [6.45, 7) is 0. The van der Waals surface area contributed by atoms with E-state index in [1.807, 2.05) is 16.8 Å². The molecule has 0 spiro atoms. The fourth-order valence-corrected chi connectivity index (χ4v) is 2.28. The molecule has 0 amide bonds. The van der Waals surface area contributed by atoms with Crippen molar-refractivity contribution in [1.82, 2.24) is 0 Å². The Hall–Kier alpha value is -1.52. The third-order valence-electron chi connectivity index (χ3n) is 2.45. The number of hydrogen-bond donors (Lipinski definition) is 2. The number of hydrogen-bond acceptors (Lipinski definition) is 4. The van der Waals surface area contributed by atoms with E-state index in [4.69, 9.17) is 10.5 Å². The molecular formula is C12H13NO2S. The van der Waals surface area contributed by atoms with Gasteiger partial charge in [0.1, 0.15) is 11.5 Å². The molecule has 1 atom stereocenters. The summed E-state index contributed by atoms with van der Waals surface area (Å²) in [6.07, 6.45) is 0. The lowest BCUT2D eigenvalue weighted by Crippen LogP contribution is -2.12. The Balaban J connectivity index is 2.40. The van der Waals surface area contributed by atoms with E-state index >= 15 is 0 Å². The second-order valence-corrected chi connectivity index (χ2v) is 4.24. The SMILES string of the molecule is COc1cc(O)ccc1[C@H](N)c1ccsc1. The second-order valence-electron chi connectivity index (χ2n) is 3.46. The highest BCUT2D eigenvalue weighted by molar-refractivity contribution is 7.08. The summed E-state index contributed by atoms with van der Waals surface area (Å²) >= 11 is 1.61. The molecular weight excluding hydrogens is 222 g/mol. The highest BCUT2D eigenvalue weighted by Gasteiger charge is 2.14. The number of rotatable bonds is 3. The molecule has 0 aliphatic carbocycles. The van der Waals surface area contributed by atoms with Crippen LogP contribution in [0.15, 0.2) is 35.0 Å². The lowest BCUT2D eigenvalue weighted by molar-refractivity contribution is 0.401. The van der Waals surface area contributed by atoms with Gasteiger partial charge < -0.3 is 15.6 Å². The van der Waals surface area contributed by atoms with E-state index in [-0.39, 0.29) is 11.8 Å². The van der Waals surface area contributed by atoms with Crippen LogP contribution >= 0.6 is 11.3 Å². The van der Waals surface area contributed by atoms with Gasteiger partial charge in [-0.15, -0.1) is 0 Å². The van der Waals surface area contributed by atoms with Crippen LogP contribution in [0.2, 0.25) is 0 Å². The van der Waals surface area contributed by atoms with Gasteiger partial charge in [0, 0.05) is 11.6 Å². The van der Waals surface area contributed by atoms with Crippen LogP contribution in [0.4, 0.5) is 0 Å². The fraction of sp³-hybridized carbons (Fsp3) is 0.167. The first-order chi connectivity index (χ1) is 7.72. The summed E-state index contributed by atoms with van der Waals surface area (Å²) in [5.41, 5.74) is 8.06. The van der Waals surface area contributed by atoms with Gasteiger partial charge in [-0.2, -0.15) is 11.3 Å². The number of ether oxygens (including phenoxy) is 1. The molecule has 2 rings (SSSR count). The van der Waals surface area contributed by atoms with Gasteiger partial charge in [-0.25, -0.2) is 0 Å². The standard InChI is InChI=1S/C12H13NO2S/c1-15-11-6-9(14)2-3-10(11)12(13)8-4-5-16-7-8/h2-7,12,14H,13H2,1H3/t12-/m1/s1. The molecule has 1 aromatic carbocycles. The maximum atomic E-state index is 9.36. The first-order valence-corrected chi connectivity index (χ1v) is 5.81. The molecule has 4 heteroatoms. The first kappa shape index (κ1) is 11.0. The van der Waals surface area contributed by atoms with Crippen LogP contribution in [0.1, 0.15) is 17.2 Å². The third-order valence-corrected chi connectivity index (χ3v) is 3.16. The van der Waals surface area contributed by atoms with Crippen LogP contribution in [0.25, 0.3) is 0 Å². The number of nitrogens with two attached hydrogens (primary N) is 1. The minimum absolute atomic E-state index is 0.179. The van der Waals surface area contributed by atoms with Gasteiger partial charge in [-0.05, 0) is 34.5 Å². The van der Waals surface area contributed by atoms with E-state index in [0.717, 1.165) is 11.1 Å². The molecule has 3 nitrogen and oxygen atoms in total. The van der Waals surface area contributed by atoms with Crippen molar-refractivity contribution in [3.8, 4) is 11.5 Å². The van der Waals surface area contributed by atoms with E-state index < -0.39 is 0 Å². The van der Waals surface area contributed by atoms with Gasteiger partial charge in [0.25, 0.3) is 0 Å². The highest BCUT2D eigenvalue weighted by Crippen LogP contribution is 2.31. The number of phenolic OH excluding ortho intramolecular Hbond substituents is 1. The summed E-state index contributed by atoms with van der Waals surface area (Å²) in [7, 11) is 1.57. The first-order valence-electron chi connectivity index (χ1n) is 4.87. The molecule has 3 N–H and O–H groups in total. The van der Waals surface area contributed by atoms with E-state index in [9.17, 15) is 5.11 Å². The second kappa shape index (κ2) is 4.55. The number of benzene rings is 1. The van der Waals surface area contributed by atoms with Gasteiger partial charge in [-0.1, -0.05) is 0 Å². The summed E-state index contributed by atoms with van der Waals surface area (Å²) in [5.74, 6) is 0.789. The molecule has 0 radical (unpaired) electrons. The molecule has 0 saturated carbocycles. The maximum absolute atomic E-state index is 9.36. The molecule has 1 heterocycles. The van der Waals surface area contributed by atoms with Crippen molar-refractivity contribution >= 4 is 11.3 Å². The van der Waals surface area contributed by atoms with Crippen molar-refractivity contribution in [3.63, 3.8) is 0 Å². The summed E-state index contributed by atoms with van der Waals surface area (Å²) < 4.78 is 5.21. The molecule has 0 bridgehead atoms. The molecule has 84 valence electrons. The third kappa shape index (κ3) is 2.03. The predicted octanol–water partition coefficient (Wildman–Crippen LogP) is 2.51. The van der Waals surface area contributed by atoms with Crippen LogP contribution in [0, 0.1) is 0 Å². The predicted molar refractivity (Wildman–Crippen MR) is 65.0 cm³/mol. The van der Waals surface area contributed by atoms with Gasteiger partial charge in [0.05, 0.1) is 13.2 Å². The van der Waals surface area contributed by atoms with Gasteiger partial charge >= 0.3 is 0 Å². The Bertz CT molecular complexity index is 468. The van der Waals surface area contributed by atoms with E-state index in [2.05, 4.69) is 0 Å². The van der Waals surface area contributed by atoms with E-state index in [1.165, 1.54) is 0 Å². The van der Waals surface area contributed by atoms with Crippen molar-refractivity contribution in [2.24, 2.45) is 5.73 Å². The number of aromatic hydroxyl groups is 1. The van der Waals surface area contributed by atoms with Crippen LogP contribution in [-0.2, 0) is 0 Å². The van der Waals surface area contributed by atoms with Gasteiger partial charge in [-0.3, -0.25) is 0 Å². The zero-order valence-corrected chi connectivity index (χ0v) is 9.70. The molecule has 0 fully saturated rings. The Morgan fingerprint density at radius 2 is 2.19 bits per heavy atom. The molecule has 0 aliphatic heterocycles. The highest BCUT2D eigenvalue weighted by atomic mass is 32.1. The number of phenols is 1. The minimum atomic E-state index is -0.221. The van der Waals surface area contributed by atoms with Crippen molar-refractivity contribution in [1.29, 1.82) is 0 Å². The van der Waals surface area contributed by atoms with Crippen molar-refractivity contribution in [3.05, 3.63) is 46.2 Å². The summed E-state index contributed by atoms with van der Waals surface area (Å²) in [6, 6.07) is 6.74. The van der Waals surface area contributed by atoms with Crippen molar-refractivity contribution in [2.75, 3.05) is 7.11 Å². The quantitative estimate of drug-likeness (QED) is 0.859. The van der Waals surface area contributed by atoms with Crippen molar-refractivity contribution < 1.29 is 9.84 Å². The summed E-state index contributed by atoms with van der Waals surface area (Å²) in [5, 5.41) is 13.4. The maximum Gasteiger partial charge on any atom is 0.127 e. The monoisotopic (exact) mass is 235 g/mol. The van der Waals surface area contributed by atoms with Crippen molar-refractivity contribution in [2.45, 2.75) is 6.04 Å². The zero-order valence-electron chi connectivity index (χ0n) is 8.88. The molecule has 0 aliphatic rings. The molecule has 1 aromatic heterocycles. The number of methoxy groups -OCH3 is 1. The largest absolute Gasteiger partial charge is 0.508 e. The minimum Gasteiger partial charge on any atom is -0.508 e. The van der Waals surface area contributed by atoms with Crippen LogP contribution in [0.3, 0.4) is 0 Å². The lowest BCUT2D eigenvalue weighted by atomic mass is 10.0. The molecule has 0 unspecified atom stereocenters. The Morgan fingerprint density at radius 1 is 1.38 bits per heavy atom. The zero-order chi connectivity index (χ0) is 11.5. The van der Waals surface area contributed by atoms with Crippen LogP contribution in [-0.4, -0.2) is 12.2 Å². The van der Waals surface area contributed by atoms with Gasteiger partial charge in [0.2, 0.25) is 0 Å². The lowest BCUT2D eigenvalue weighted by Gasteiger charge is -2.14. The van der Waals surface area contributed by atoms with Crippen LogP contribution < -0.4 is 10.5 Å². The number of thiophene rings is 1. The molecule has 0 saturated heterocycles. The molecule has 2 aromatic rings. The smallest absolute Gasteiger partial charge is 0.127 e. The Labute approximate surface area is 98.1 Å². The van der Waals surface area contributed by atoms with E-state index in [1.54, 1.807) is 36.6 Å². The Kier molecular flexibility index (Phi) is 3.12. The van der Waals surface area contributed by atoms with E-state index in [0.29, 0.717) is 5.75 Å². The normalized spacial score (nSPS) is 12.4. The summed E-state index contributed by atoms with van der Waals surface area (Å²) in [4.78, 5) is 0. The average Bonchev–Trinajstić information content (AvgIpc) is 2.81. The fourth-order valence-electron chi connectivity index (χ4n) is 1.59. The Morgan fingerprint density at radius 3 is 2.81 bits per heavy atom. The van der Waals surface area contributed by atoms with Crippen LogP contribution in [0.5, 0.6) is 11.5 Å².